The summed E-state index contributed by atoms with van der Waals surface area (Å²) in [7, 11) is 0. The highest BCUT2D eigenvalue weighted by Gasteiger charge is 2.78. The van der Waals surface area contributed by atoms with Crippen LogP contribution in [0.25, 0.3) is 0 Å². The highest BCUT2D eigenvalue weighted by molar-refractivity contribution is 9.10. The van der Waals surface area contributed by atoms with Crippen molar-refractivity contribution < 1.29 is 9.53 Å². The molecule has 0 unspecified atom stereocenters. The molecule has 1 saturated heterocycles. The van der Waals surface area contributed by atoms with E-state index >= 15 is 0 Å². The predicted octanol–water partition coefficient (Wildman–Crippen LogP) is 3.98. The Morgan fingerprint density at radius 3 is 2.67 bits per heavy atom. The van der Waals surface area contributed by atoms with Gasteiger partial charge in [-0.25, -0.2) is 0 Å². The lowest BCUT2D eigenvalue weighted by atomic mass is 9.66. The fourth-order valence-electron chi connectivity index (χ4n) is 5.02. The van der Waals surface area contributed by atoms with Gasteiger partial charge in [0.05, 0.1) is 6.61 Å². The van der Waals surface area contributed by atoms with Crippen molar-refractivity contribution >= 4 is 27.5 Å². The summed E-state index contributed by atoms with van der Waals surface area (Å²) in [5.74, 6) is 0.671. The van der Waals surface area contributed by atoms with Gasteiger partial charge >= 0.3 is 0 Å². The molecule has 0 aromatic heterocycles. The van der Waals surface area contributed by atoms with Crippen LogP contribution in [0.15, 0.2) is 28.7 Å². The van der Waals surface area contributed by atoms with Gasteiger partial charge in [0.15, 0.2) is 5.60 Å². The van der Waals surface area contributed by atoms with E-state index in [4.69, 9.17) is 4.74 Å². The van der Waals surface area contributed by atoms with Crippen LogP contribution in [-0.2, 0) is 9.53 Å². The lowest BCUT2D eigenvalue weighted by molar-refractivity contribution is -0.149. The van der Waals surface area contributed by atoms with Crippen molar-refractivity contribution in [2.24, 2.45) is 16.7 Å². The van der Waals surface area contributed by atoms with E-state index in [1.807, 2.05) is 24.3 Å². The van der Waals surface area contributed by atoms with Gasteiger partial charge in [-0.1, -0.05) is 29.8 Å². The maximum Gasteiger partial charge on any atom is 0.257 e. The number of carbonyl (C=O) groups is 1. The standard InChI is InChI=1S/C17H20BrNO2/c1-15-10-21-17(9-11(15)7-8-16(15,17)2)14(20)19-13-5-3-12(18)4-6-13/h3-6,11H,7-10H2,1-2H3,(H,19,20)/t11-,15+,16-,17-/m1/s1. The predicted molar refractivity (Wildman–Crippen MR) is 85.0 cm³/mol. The van der Waals surface area contributed by atoms with Gasteiger partial charge in [0.25, 0.3) is 5.91 Å². The Kier molecular flexibility index (Phi) is 2.69. The van der Waals surface area contributed by atoms with Crippen molar-refractivity contribution in [1.29, 1.82) is 0 Å². The molecule has 2 saturated carbocycles. The van der Waals surface area contributed by atoms with E-state index in [1.54, 1.807) is 0 Å². The molecule has 4 rings (SSSR count). The largest absolute Gasteiger partial charge is 0.364 e. The Hall–Kier alpha value is -0.870. The lowest BCUT2D eigenvalue weighted by Gasteiger charge is -2.40. The molecule has 1 heterocycles. The van der Waals surface area contributed by atoms with Crippen LogP contribution in [0.2, 0.25) is 0 Å². The van der Waals surface area contributed by atoms with E-state index in [0.717, 1.165) is 29.6 Å². The van der Waals surface area contributed by atoms with Gasteiger partial charge in [0.2, 0.25) is 0 Å². The van der Waals surface area contributed by atoms with Crippen LogP contribution >= 0.6 is 15.9 Å². The maximum absolute atomic E-state index is 13.0. The Morgan fingerprint density at radius 2 is 2.05 bits per heavy atom. The third kappa shape index (κ3) is 1.50. The van der Waals surface area contributed by atoms with E-state index < -0.39 is 5.60 Å². The van der Waals surface area contributed by atoms with Gasteiger partial charge in [-0.05, 0) is 49.4 Å². The molecule has 0 radical (unpaired) electrons. The molecule has 1 amide bonds. The zero-order valence-corrected chi connectivity index (χ0v) is 14.0. The van der Waals surface area contributed by atoms with Gasteiger partial charge in [-0.15, -0.1) is 0 Å². The second kappa shape index (κ2) is 4.11. The van der Waals surface area contributed by atoms with E-state index in [0.29, 0.717) is 5.92 Å². The maximum atomic E-state index is 13.0. The molecule has 2 aliphatic carbocycles. The third-order valence-electron chi connectivity index (χ3n) is 6.67. The summed E-state index contributed by atoms with van der Waals surface area (Å²) in [6.07, 6.45) is 3.22. The molecule has 1 N–H and O–H groups in total. The summed E-state index contributed by atoms with van der Waals surface area (Å²) < 4.78 is 7.13. The molecule has 4 atom stereocenters. The van der Waals surface area contributed by atoms with Gasteiger partial charge in [0, 0.05) is 21.0 Å². The van der Waals surface area contributed by atoms with Crippen molar-refractivity contribution in [1.82, 2.24) is 0 Å². The molecule has 3 nitrogen and oxygen atoms in total. The molecule has 1 aromatic carbocycles. The third-order valence-corrected chi connectivity index (χ3v) is 7.20. The topological polar surface area (TPSA) is 38.3 Å². The summed E-state index contributed by atoms with van der Waals surface area (Å²) in [4.78, 5) is 13.0. The lowest BCUT2D eigenvalue weighted by Crippen LogP contribution is -2.52. The first-order chi connectivity index (χ1) is 9.91. The van der Waals surface area contributed by atoms with Gasteiger partial charge in [-0.2, -0.15) is 0 Å². The first-order valence-corrected chi connectivity index (χ1v) is 8.42. The van der Waals surface area contributed by atoms with E-state index in [1.165, 1.54) is 6.42 Å². The summed E-state index contributed by atoms with van der Waals surface area (Å²) >= 11 is 3.41. The molecule has 1 aliphatic heterocycles. The first kappa shape index (κ1) is 13.8. The number of nitrogens with one attached hydrogen (secondary N) is 1. The molecule has 3 aliphatic rings. The number of hydrogen-bond acceptors (Lipinski definition) is 2. The van der Waals surface area contributed by atoms with Crippen molar-refractivity contribution in [3.05, 3.63) is 28.7 Å². The fourth-order valence-corrected chi connectivity index (χ4v) is 5.29. The van der Waals surface area contributed by atoms with Crippen molar-refractivity contribution in [2.75, 3.05) is 11.9 Å². The summed E-state index contributed by atoms with van der Waals surface area (Å²) in [5, 5.41) is 3.07. The van der Waals surface area contributed by atoms with Crippen LogP contribution in [0.1, 0.15) is 33.1 Å². The van der Waals surface area contributed by atoms with Gasteiger partial charge in [0.1, 0.15) is 0 Å². The number of halogens is 1. The van der Waals surface area contributed by atoms with Crippen LogP contribution in [-0.4, -0.2) is 18.1 Å². The second-order valence-corrected chi connectivity index (χ2v) is 8.18. The number of anilines is 1. The van der Waals surface area contributed by atoms with E-state index in [9.17, 15) is 4.79 Å². The minimum atomic E-state index is -0.627. The Labute approximate surface area is 133 Å². The zero-order chi connectivity index (χ0) is 14.9. The molecule has 21 heavy (non-hydrogen) atoms. The quantitative estimate of drug-likeness (QED) is 0.876. The normalized spacial score (nSPS) is 43.3. The van der Waals surface area contributed by atoms with Crippen LogP contribution in [0, 0.1) is 16.7 Å². The van der Waals surface area contributed by atoms with Crippen LogP contribution in [0.3, 0.4) is 0 Å². The van der Waals surface area contributed by atoms with Gasteiger partial charge in [-0.3, -0.25) is 4.79 Å². The number of carbonyl (C=O) groups excluding carboxylic acids is 1. The molecule has 4 bridgehead atoms. The summed E-state index contributed by atoms with van der Waals surface area (Å²) in [6.45, 7) is 5.29. The van der Waals surface area contributed by atoms with Crippen molar-refractivity contribution in [3.8, 4) is 0 Å². The highest BCUT2D eigenvalue weighted by Crippen LogP contribution is 2.75. The number of hydrogen-bond donors (Lipinski definition) is 1. The SMILES string of the molecule is C[C@]12CC[C@@H]3C[C@]1(C(=O)Nc1ccc(Br)cc1)OC[C@@]32C. The Bertz CT molecular complexity index is 616. The number of amides is 1. The number of ether oxygens (including phenoxy) is 1. The van der Waals surface area contributed by atoms with Crippen LogP contribution < -0.4 is 5.32 Å². The second-order valence-electron chi connectivity index (χ2n) is 7.27. The van der Waals surface area contributed by atoms with Crippen LogP contribution in [0.4, 0.5) is 5.69 Å². The average molecular weight is 350 g/mol. The Morgan fingerprint density at radius 1 is 1.33 bits per heavy atom. The average Bonchev–Trinajstić information content (AvgIpc) is 2.93. The summed E-state index contributed by atoms with van der Waals surface area (Å²) in [5.41, 5.74) is 0.354. The minimum absolute atomic E-state index is 0.0237. The Balaban J connectivity index is 1.65. The number of benzene rings is 1. The molecular weight excluding hydrogens is 330 g/mol. The molecule has 0 spiro atoms. The summed E-state index contributed by atoms with van der Waals surface area (Å²) in [6, 6.07) is 7.72. The zero-order valence-electron chi connectivity index (χ0n) is 12.4. The van der Waals surface area contributed by atoms with E-state index in [2.05, 4.69) is 35.1 Å². The highest BCUT2D eigenvalue weighted by atomic mass is 79.9. The van der Waals surface area contributed by atoms with Gasteiger partial charge < -0.3 is 10.1 Å². The molecule has 4 heteroatoms. The van der Waals surface area contributed by atoms with Crippen LogP contribution in [0.5, 0.6) is 0 Å². The number of rotatable bonds is 2. The van der Waals surface area contributed by atoms with Crippen molar-refractivity contribution in [3.63, 3.8) is 0 Å². The monoisotopic (exact) mass is 349 g/mol. The fraction of sp³-hybridized carbons (Fsp3) is 0.588. The smallest absolute Gasteiger partial charge is 0.257 e. The van der Waals surface area contributed by atoms with E-state index in [-0.39, 0.29) is 16.7 Å². The first-order valence-electron chi connectivity index (χ1n) is 7.62. The molecule has 1 aromatic rings. The molecule has 3 fully saturated rings. The van der Waals surface area contributed by atoms with Crippen molar-refractivity contribution in [2.45, 2.75) is 38.7 Å². The molecular formula is C17H20BrNO2. The molecule has 112 valence electrons. The minimum Gasteiger partial charge on any atom is -0.364 e.